The molecular formula is C22H22N2O7S. The average Bonchev–Trinajstić information content (AvgIpc) is 3.14. The van der Waals surface area contributed by atoms with Gasteiger partial charge in [0.25, 0.3) is 5.91 Å². The van der Waals surface area contributed by atoms with Crippen molar-refractivity contribution >= 4 is 39.4 Å². The Kier molecular flexibility index (Phi) is 7.26. The molecule has 0 aliphatic heterocycles. The summed E-state index contributed by atoms with van der Waals surface area (Å²) in [7, 11) is 4.23. The highest BCUT2D eigenvalue weighted by Crippen LogP contribution is 2.25. The zero-order valence-electron chi connectivity index (χ0n) is 18.0. The SMILES string of the molecule is CCOC(=O)c1ccc2c(c1)sc(=NC(=O)c1ccc(OC)cc1OC)n2CC(=O)OC. The number of carbonyl (C=O) groups is 3. The molecule has 1 aromatic heterocycles. The van der Waals surface area contributed by atoms with Crippen LogP contribution in [-0.2, 0) is 20.8 Å². The second-order valence-corrected chi connectivity index (χ2v) is 7.44. The van der Waals surface area contributed by atoms with Crippen LogP contribution in [0.1, 0.15) is 27.6 Å². The maximum Gasteiger partial charge on any atom is 0.338 e. The van der Waals surface area contributed by atoms with Gasteiger partial charge in [-0.25, -0.2) is 4.79 Å². The molecule has 3 rings (SSSR count). The molecule has 10 heteroatoms. The van der Waals surface area contributed by atoms with Crippen LogP contribution in [0.2, 0.25) is 0 Å². The molecule has 32 heavy (non-hydrogen) atoms. The summed E-state index contributed by atoms with van der Waals surface area (Å²) in [4.78, 5) is 41.5. The highest BCUT2D eigenvalue weighted by Gasteiger charge is 2.17. The van der Waals surface area contributed by atoms with Gasteiger partial charge in [-0.05, 0) is 37.3 Å². The van der Waals surface area contributed by atoms with E-state index in [9.17, 15) is 14.4 Å². The molecule has 168 valence electrons. The summed E-state index contributed by atoms with van der Waals surface area (Å²) in [6, 6.07) is 9.69. The molecule has 0 atom stereocenters. The van der Waals surface area contributed by atoms with E-state index >= 15 is 0 Å². The minimum Gasteiger partial charge on any atom is -0.497 e. The first-order valence-corrected chi connectivity index (χ1v) is 10.4. The summed E-state index contributed by atoms with van der Waals surface area (Å²) >= 11 is 1.16. The maximum atomic E-state index is 13.0. The van der Waals surface area contributed by atoms with E-state index in [0.29, 0.717) is 27.3 Å². The Hall–Kier alpha value is -3.66. The average molecular weight is 458 g/mol. The van der Waals surface area contributed by atoms with E-state index in [1.165, 1.54) is 21.3 Å². The number of fused-ring (bicyclic) bond motifs is 1. The van der Waals surface area contributed by atoms with Crippen molar-refractivity contribution in [2.45, 2.75) is 13.5 Å². The number of carbonyl (C=O) groups excluding carboxylic acids is 3. The van der Waals surface area contributed by atoms with E-state index in [2.05, 4.69) is 4.99 Å². The van der Waals surface area contributed by atoms with Gasteiger partial charge in [0.1, 0.15) is 18.0 Å². The van der Waals surface area contributed by atoms with E-state index in [0.717, 1.165) is 11.3 Å². The van der Waals surface area contributed by atoms with Crippen molar-refractivity contribution in [2.75, 3.05) is 27.9 Å². The molecule has 0 saturated carbocycles. The largest absolute Gasteiger partial charge is 0.497 e. The van der Waals surface area contributed by atoms with Crippen LogP contribution in [0.4, 0.5) is 0 Å². The van der Waals surface area contributed by atoms with Gasteiger partial charge >= 0.3 is 11.9 Å². The second-order valence-electron chi connectivity index (χ2n) is 6.43. The normalized spacial score (nSPS) is 11.3. The van der Waals surface area contributed by atoms with Gasteiger partial charge in [0.15, 0.2) is 4.80 Å². The Balaban J connectivity index is 2.13. The van der Waals surface area contributed by atoms with Gasteiger partial charge in [-0.1, -0.05) is 11.3 Å². The standard InChI is InChI=1S/C22H22N2O7S/c1-5-31-21(27)13-6-9-16-18(10-13)32-22(24(16)12-19(25)30-4)23-20(26)15-8-7-14(28-2)11-17(15)29-3/h6-11H,5,12H2,1-4H3. The minimum absolute atomic E-state index is 0.152. The molecule has 0 spiro atoms. The van der Waals surface area contributed by atoms with E-state index in [-0.39, 0.29) is 23.5 Å². The third kappa shape index (κ3) is 4.80. The summed E-state index contributed by atoms with van der Waals surface area (Å²) in [5.74, 6) is -0.675. The second kappa shape index (κ2) is 10.1. The van der Waals surface area contributed by atoms with Gasteiger partial charge in [-0.2, -0.15) is 4.99 Å². The van der Waals surface area contributed by atoms with Crippen molar-refractivity contribution in [2.24, 2.45) is 4.99 Å². The minimum atomic E-state index is -0.555. The Morgan fingerprint density at radius 1 is 1.03 bits per heavy atom. The predicted molar refractivity (Wildman–Crippen MR) is 117 cm³/mol. The third-order valence-electron chi connectivity index (χ3n) is 4.55. The Morgan fingerprint density at radius 3 is 2.47 bits per heavy atom. The van der Waals surface area contributed by atoms with Crippen LogP contribution in [0.3, 0.4) is 0 Å². The summed E-state index contributed by atoms with van der Waals surface area (Å²) in [5.41, 5.74) is 1.23. The van der Waals surface area contributed by atoms with Gasteiger partial charge in [-0.15, -0.1) is 0 Å². The van der Waals surface area contributed by atoms with Gasteiger partial charge in [0, 0.05) is 6.07 Å². The zero-order valence-corrected chi connectivity index (χ0v) is 18.9. The smallest absolute Gasteiger partial charge is 0.338 e. The molecular weight excluding hydrogens is 436 g/mol. The number of rotatable bonds is 7. The molecule has 0 aliphatic carbocycles. The molecule has 0 fully saturated rings. The van der Waals surface area contributed by atoms with Crippen LogP contribution < -0.4 is 14.3 Å². The summed E-state index contributed by atoms with van der Waals surface area (Å²) in [6.07, 6.45) is 0. The molecule has 9 nitrogen and oxygen atoms in total. The molecule has 0 saturated heterocycles. The van der Waals surface area contributed by atoms with Gasteiger partial charge in [0.05, 0.1) is 49.3 Å². The summed E-state index contributed by atoms with van der Waals surface area (Å²) < 4.78 is 22.5. The molecule has 0 aliphatic rings. The fourth-order valence-corrected chi connectivity index (χ4v) is 4.04. The van der Waals surface area contributed by atoms with Crippen LogP contribution in [-0.4, -0.2) is 50.3 Å². The lowest BCUT2D eigenvalue weighted by Crippen LogP contribution is -2.22. The lowest BCUT2D eigenvalue weighted by molar-refractivity contribution is -0.141. The molecule has 0 N–H and O–H groups in total. The number of aromatic nitrogens is 1. The van der Waals surface area contributed by atoms with Crippen LogP contribution in [0.15, 0.2) is 41.4 Å². The lowest BCUT2D eigenvalue weighted by atomic mass is 10.2. The quantitative estimate of drug-likeness (QED) is 0.501. The first kappa shape index (κ1) is 23.0. The first-order chi connectivity index (χ1) is 15.4. The fourth-order valence-electron chi connectivity index (χ4n) is 2.97. The van der Waals surface area contributed by atoms with Crippen LogP contribution in [0.25, 0.3) is 10.2 Å². The highest BCUT2D eigenvalue weighted by atomic mass is 32.1. The number of hydrogen-bond acceptors (Lipinski definition) is 8. The number of ether oxygens (including phenoxy) is 4. The van der Waals surface area contributed by atoms with E-state index in [1.54, 1.807) is 47.9 Å². The van der Waals surface area contributed by atoms with E-state index in [4.69, 9.17) is 18.9 Å². The highest BCUT2D eigenvalue weighted by molar-refractivity contribution is 7.16. The van der Waals surface area contributed by atoms with Crippen molar-refractivity contribution in [1.29, 1.82) is 0 Å². The van der Waals surface area contributed by atoms with Gasteiger partial charge in [0.2, 0.25) is 0 Å². The van der Waals surface area contributed by atoms with E-state index < -0.39 is 17.8 Å². The van der Waals surface area contributed by atoms with Crippen molar-refractivity contribution in [3.8, 4) is 11.5 Å². The van der Waals surface area contributed by atoms with Crippen LogP contribution >= 0.6 is 11.3 Å². The number of esters is 2. The third-order valence-corrected chi connectivity index (χ3v) is 5.59. The van der Waals surface area contributed by atoms with Crippen molar-refractivity contribution in [3.05, 3.63) is 52.3 Å². The fraction of sp³-hybridized carbons (Fsp3) is 0.273. The number of thiazole rings is 1. The Labute approximate surface area is 187 Å². The number of nitrogens with zero attached hydrogens (tertiary/aromatic N) is 2. The number of amides is 1. The first-order valence-electron chi connectivity index (χ1n) is 9.60. The number of benzene rings is 2. The zero-order chi connectivity index (χ0) is 23.3. The van der Waals surface area contributed by atoms with Gasteiger partial charge in [-0.3, -0.25) is 9.59 Å². The monoisotopic (exact) mass is 458 g/mol. The topological polar surface area (TPSA) is 105 Å². The molecule has 1 amide bonds. The number of hydrogen-bond donors (Lipinski definition) is 0. The van der Waals surface area contributed by atoms with Crippen LogP contribution in [0, 0.1) is 0 Å². The molecule has 0 bridgehead atoms. The lowest BCUT2D eigenvalue weighted by Gasteiger charge is -2.07. The van der Waals surface area contributed by atoms with Crippen molar-refractivity contribution in [1.82, 2.24) is 4.57 Å². The maximum absolute atomic E-state index is 13.0. The van der Waals surface area contributed by atoms with E-state index in [1.807, 2.05) is 0 Å². The van der Waals surface area contributed by atoms with Crippen molar-refractivity contribution < 1.29 is 33.3 Å². The predicted octanol–water partition coefficient (Wildman–Crippen LogP) is 2.81. The Bertz CT molecular complexity index is 1240. The summed E-state index contributed by atoms with van der Waals surface area (Å²) in [6.45, 7) is 1.82. The molecule has 1 heterocycles. The van der Waals surface area contributed by atoms with Crippen LogP contribution in [0.5, 0.6) is 11.5 Å². The molecule has 2 aromatic carbocycles. The van der Waals surface area contributed by atoms with Crippen molar-refractivity contribution in [3.63, 3.8) is 0 Å². The molecule has 3 aromatic rings. The molecule has 0 radical (unpaired) electrons. The van der Waals surface area contributed by atoms with Gasteiger partial charge < -0.3 is 23.5 Å². The number of methoxy groups -OCH3 is 3. The Morgan fingerprint density at radius 2 is 1.81 bits per heavy atom. The molecule has 0 unspecified atom stereocenters. The summed E-state index contributed by atoms with van der Waals surface area (Å²) in [5, 5.41) is 0.